The van der Waals surface area contributed by atoms with Crippen molar-refractivity contribution in [1.82, 2.24) is 4.98 Å². The van der Waals surface area contributed by atoms with Crippen LogP contribution in [0.5, 0.6) is 5.75 Å². The molecule has 2 rings (SSSR count). The lowest BCUT2D eigenvalue weighted by atomic mass is 10.0. The molecular formula is C14H16N2O. The minimum absolute atomic E-state index is 0.621. The minimum Gasteiger partial charge on any atom is -0.493 e. The van der Waals surface area contributed by atoms with Crippen LogP contribution < -0.4 is 10.5 Å². The normalized spacial score (nSPS) is 10.2. The van der Waals surface area contributed by atoms with Crippen LogP contribution in [0.15, 0.2) is 36.7 Å². The van der Waals surface area contributed by atoms with Crippen LogP contribution in [-0.2, 0) is 0 Å². The van der Waals surface area contributed by atoms with Gasteiger partial charge in [-0.15, -0.1) is 0 Å². The van der Waals surface area contributed by atoms with Gasteiger partial charge in [0.05, 0.1) is 6.61 Å². The molecule has 2 N–H and O–H groups in total. The summed E-state index contributed by atoms with van der Waals surface area (Å²) in [6.07, 6.45) is 3.64. The van der Waals surface area contributed by atoms with E-state index in [1.807, 2.05) is 37.4 Å². The number of hydrogen-bond donors (Lipinski definition) is 1. The van der Waals surface area contributed by atoms with Gasteiger partial charge in [0.2, 0.25) is 0 Å². The molecule has 0 saturated carbocycles. The molecule has 0 aliphatic carbocycles. The second kappa shape index (κ2) is 4.87. The third-order valence-corrected chi connectivity index (χ3v) is 2.63. The number of hydrogen-bond acceptors (Lipinski definition) is 3. The summed E-state index contributed by atoms with van der Waals surface area (Å²) >= 11 is 0. The molecule has 2 aromatic rings. The Morgan fingerprint density at radius 1 is 1.24 bits per heavy atom. The summed E-state index contributed by atoms with van der Waals surface area (Å²) in [6.45, 7) is 4.64. The van der Waals surface area contributed by atoms with Crippen molar-refractivity contribution in [3.05, 3.63) is 42.2 Å². The van der Waals surface area contributed by atoms with Crippen LogP contribution in [0, 0.1) is 6.92 Å². The van der Waals surface area contributed by atoms with Crippen molar-refractivity contribution in [1.29, 1.82) is 0 Å². The number of anilines is 1. The minimum atomic E-state index is 0.621. The zero-order valence-electron chi connectivity index (χ0n) is 10.1. The number of ether oxygens (including phenoxy) is 1. The summed E-state index contributed by atoms with van der Waals surface area (Å²) in [5.41, 5.74) is 9.77. The number of pyridine rings is 1. The zero-order chi connectivity index (χ0) is 12.3. The SMILES string of the molecule is CCOc1cc(N)ccc1-c1cnccc1C. The maximum absolute atomic E-state index is 5.78. The van der Waals surface area contributed by atoms with Gasteiger partial charge in [-0.3, -0.25) is 4.98 Å². The topological polar surface area (TPSA) is 48.1 Å². The van der Waals surface area contributed by atoms with Gasteiger partial charge in [0.15, 0.2) is 0 Å². The molecule has 0 atom stereocenters. The van der Waals surface area contributed by atoms with Crippen LogP contribution in [0.3, 0.4) is 0 Å². The van der Waals surface area contributed by atoms with E-state index in [9.17, 15) is 0 Å². The van der Waals surface area contributed by atoms with Gasteiger partial charge in [-0.05, 0) is 37.6 Å². The standard InChI is InChI=1S/C14H16N2O/c1-3-17-14-8-11(15)4-5-12(14)13-9-16-7-6-10(13)2/h4-9H,3,15H2,1-2H3. The van der Waals surface area contributed by atoms with E-state index in [2.05, 4.69) is 11.9 Å². The predicted molar refractivity (Wildman–Crippen MR) is 70.0 cm³/mol. The first-order valence-corrected chi connectivity index (χ1v) is 5.65. The molecule has 0 unspecified atom stereocenters. The van der Waals surface area contributed by atoms with Crippen molar-refractivity contribution in [2.24, 2.45) is 0 Å². The number of aromatic nitrogens is 1. The Hall–Kier alpha value is -2.03. The largest absolute Gasteiger partial charge is 0.493 e. The fourth-order valence-corrected chi connectivity index (χ4v) is 1.78. The van der Waals surface area contributed by atoms with Crippen molar-refractivity contribution in [3.63, 3.8) is 0 Å². The van der Waals surface area contributed by atoms with Crippen LogP contribution >= 0.6 is 0 Å². The van der Waals surface area contributed by atoms with Gasteiger partial charge in [-0.1, -0.05) is 0 Å². The van der Waals surface area contributed by atoms with Crippen molar-refractivity contribution >= 4 is 5.69 Å². The highest BCUT2D eigenvalue weighted by molar-refractivity contribution is 5.74. The highest BCUT2D eigenvalue weighted by Gasteiger charge is 2.09. The fraction of sp³-hybridized carbons (Fsp3) is 0.214. The third-order valence-electron chi connectivity index (χ3n) is 2.63. The molecule has 0 fully saturated rings. The molecule has 0 spiro atoms. The Balaban J connectivity index is 2.55. The van der Waals surface area contributed by atoms with Gasteiger partial charge >= 0.3 is 0 Å². The van der Waals surface area contributed by atoms with Crippen molar-refractivity contribution < 1.29 is 4.74 Å². The van der Waals surface area contributed by atoms with E-state index in [1.54, 1.807) is 6.20 Å². The molecule has 0 radical (unpaired) electrons. The van der Waals surface area contributed by atoms with Crippen molar-refractivity contribution in [2.75, 3.05) is 12.3 Å². The quantitative estimate of drug-likeness (QED) is 0.821. The van der Waals surface area contributed by atoms with E-state index in [0.717, 1.165) is 16.9 Å². The summed E-state index contributed by atoms with van der Waals surface area (Å²) in [4.78, 5) is 4.16. The van der Waals surface area contributed by atoms with Crippen LogP contribution in [0.4, 0.5) is 5.69 Å². The molecular weight excluding hydrogens is 212 g/mol. The van der Waals surface area contributed by atoms with Crippen LogP contribution in [0.1, 0.15) is 12.5 Å². The predicted octanol–water partition coefficient (Wildman–Crippen LogP) is 3.04. The van der Waals surface area contributed by atoms with E-state index < -0.39 is 0 Å². The second-order valence-corrected chi connectivity index (χ2v) is 3.88. The molecule has 0 aliphatic heterocycles. The van der Waals surface area contributed by atoms with Crippen molar-refractivity contribution in [3.8, 4) is 16.9 Å². The number of nitrogens with zero attached hydrogens (tertiary/aromatic N) is 1. The summed E-state index contributed by atoms with van der Waals surface area (Å²) in [7, 11) is 0. The van der Waals surface area contributed by atoms with Gasteiger partial charge in [-0.2, -0.15) is 0 Å². The van der Waals surface area contributed by atoms with Gasteiger partial charge < -0.3 is 10.5 Å². The Morgan fingerprint density at radius 2 is 2.06 bits per heavy atom. The number of aryl methyl sites for hydroxylation is 1. The number of nitrogen functional groups attached to an aromatic ring is 1. The first-order valence-electron chi connectivity index (χ1n) is 5.65. The van der Waals surface area contributed by atoms with Crippen LogP contribution in [0.2, 0.25) is 0 Å². The molecule has 0 aliphatic rings. The molecule has 3 nitrogen and oxygen atoms in total. The Morgan fingerprint density at radius 3 is 2.76 bits per heavy atom. The highest BCUT2D eigenvalue weighted by atomic mass is 16.5. The van der Waals surface area contributed by atoms with E-state index in [-0.39, 0.29) is 0 Å². The molecule has 1 aromatic carbocycles. The molecule has 0 bridgehead atoms. The Bertz CT molecular complexity index is 523. The number of nitrogens with two attached hydrogens (primary N) is 1. The maximum atomic E-state index is 5.78. The first kappa shape index (κ1) is 11.5. The maximum Gasteiger partial charge on any atom is 0.129 e. The van der Waals surface area contributed by atoms with Crippen LogP contribution in [-0.4, -0.2) is 11.6 Å². The molecule has 0 saturated heterocycles. The zero-order valence-corrected chi connectivity index (χ0v) is 10.1. The van der Waals surface area contributed by atoms with Crippen LogP contribution in [0.25, 0.3) is 11.1 Å². The summed E-state index contributed by atoms with van der Waals surface area (Å²) in [5.74, 6) is 0.809. The van der Waals surface area contributed by atoms with E-state index in [1.165, 1.54) is 5.56 Å². The van der Waals surface area contributed by atoms with Gasteiger partial charge in [0, 0.05) is 35.3 Å². The van der Waals surface area contributed by atoms with Gasteiger partial charge in [0.1, 0.15) is 5.75 Å². The average molecular weight is 228 g/mol. The van der Waals surface area contributed by atoms with E-state index in [4.69, 9.17) is 10.5 Å². The lowest BCUT2D eigenvalue weighted by Gasteiger charge is -2.12. The fourth-order valence-electron chi connectivity index (χ4n) is 1.78. The van der Waals surface area contributed by atoms with Gasteiger partial charge in [0.25, 0.3) is 0 Å². The molecule has 0 amide bonds. The molecule has 1 heterocycles. The summed E-state index contributed by atoms with van der Waals surface area (Å²) in [6, 6.07) is 7.70. The molecule has 88 valence electrons. The summed E-state index contributed by atoms with van der Waals surface area (Å²) in [5, 5.41) is 0. The smallest absolute Gasteiger partial charge is 0.129 e. The lowest BCUT2D eigenvalue weighted by molar-refractivity contribution is 0.342. The lowest BCUT2D eigenvalue weighted by Crippen LogP contribution is -1.97. The Labute approximate surface area is 101 Å². The van der Waals surface area contributed by atoms with E-state index >= 15 is 0 Å². The van der Waals surface area contributed by atoms with E-state index in [0.29, 0.717) is 12.3 Å². The second-order valence-electron chi connectivity index (χ2n) is 3.88. The monoisotopic (exact) mass is 228 g/mol. The average Bonchev–Trinajstić information content (AvgIpc) is 2.31. The number of rotatable bonds is 3. The highest BCUT2D eigenvalue weighted by Crippen LogP contribution is 2.33. The Kier molecular flexibility index (Phi) is 3.28. The molecule has 17 heavy (non-hydrogen) atoms. The molecule has 1 aromatic heterocycles. The molecule has 3 heteroatoms. The third kappa shape index (κ3) is 2.38. The van der Waals surface area contributed by atoms with Crippen molar-refractivity contribution in [2.45, 2.75) is 13.8 Å². The first-order chi connectivity index (χ1) is 8.22. The summed E-state index contributed by atoms with van der Waals surface area (Å²) < 4.78 is 5.62. The number of benzene rings is 1. The van der Waals surface area contributed by atoms with Gasteiger partial charge in [-0.25, -0.2) is 0 Å².